The topological polar surface area (TPSA) is 78.0 Å². The van der Waals surface area contributed by atoms with Crippen LogP contribution in [0.15, 0.2) is 53.4 Å². The van der Waals surface area contributed by atoms with Gasteiger partial charge in [-0.1, -0.05) is 17.7 Å². The zero-order valence-corrected chi connectivity index (χ0v) is 20.1. The van der Waals surface area contributed by atoms with Crippen molar-refractivity contribution >= 4 is 27.4 Å². The SMILES string of the molecule is CC(=O)c1ccc(N2CCN(C(=O)C3CCN(S(=O)(=O)c4ccc(C)cc4)CC3)CC2)cc1. The molecule has 1 amide bonds. The van der Waals surface area contributed by atoms with Gasteiger partial charge in [0.15, 0.2) is 5.78 Å². The molecule has 2 heterocycles. The van der Waals surface area contributed by atoms with Crippen molar-refractivity contribution in [2.24, 2.45) is 5.92 Å². The summed E-state index contributed by atoms with van der Waals surface area (Å²) in [5.74, 6) is 0.0551. The van der Waals surface area contributed by atoms with Crippen molar-refractivity contribution < 1.29 is 18.0 Å². The van der Waals surface area contributed by atoms with Gasteiger partial charge in [-0.05, 0) is 63.1 Å². The highest BCUT2D eigenvalue weighted by Crippen LogP contribution is 2.26. The van der Waals surface area contributed by atoms with E-state index in [9.17, 15) is 18.0 Å². The molecule has 0 radical (unpaired) electrons. The second kappa shape index (κ2) is 9.65. The van der Waals surface area contributed by atoms with Crippen LogP contribution in [0.4, 0.5) is 5.69 Å². The Bertz CT molecular complexity index is 1100. The van der Waals surface area contributed by atoms with Crippen molar-refractivity contribution in [3.63, 3.8) is 0 Å². The highest BCUT2D eigenvalue weighted by Gasteiger charge is 2.34. The van der Waals surface area contributed by atoms with Gasteiger partial charge in [-0.25, -0.2) is 8.42 Å². The number of Topliss-reactive ketones (excluding diaryl/α,β-unsaturated/α-hetero) is 1. The van der Waals surface area contributed by atoms with E-state index in [0.29, 0.717) is 49.5 Å². The first-order chi connectivity index (χ1) is 15.8. The summed E-state index contributed by atoms with van der Waals surface area (Å²) in [6.07, 6.45) is 1.10. The number of hydrogen-bond donors (Lipinski definition) is 0. The van der Waals surface area contributed by atoms with Gasteiger partial charge in [-0.3, -0.25) is 9.59 Å². The minimum atomic E-state index is -3.52. The normalized spacial score (nSPS) is 18.4. The van der Waals surface area contributed by atoms with Gasteiger partial charge in [0.2, 0.25) is 15.9 Å². The summed E-state index contributed by atoms with van der Waals surface area (Å²) in [6.45, 7) is 7.01. The number of amides is 1. The quantitative estimate of drug-likeness (QED) is 0.629. The van der Waals surface area contributed by atoms with E-state index in [2.05, 4.69) is 4.90 Å². The Kier molecular flexibility index (Phi) is 6.86. The molecule has 0 atom stereocenters. The van der Waals surface area contributed by atoms with Crippen LogP contribution in [-0.2, 0) is 14.8 Å². The minimum Gasteiger partial charge on any atom is -0.368 e. The monoisotopic (exact) mass is 469 g/mol. The summed E-state index contributed by atoms with van der Waals surface area (Å²) >= 11 is 0. The van der Waals surface area contributed by atoms with E-state index in [4.69, 9.17) is 0 Å². The van der Waals surface area contributed by atoms with E-state index >= 15 is 0 Å². The number of anilines is 1. The lowest BCUT2D eigenvalue weighted by atomic mass is 9.96. The number of carbonyl (C=O) groups excluding carboxylic acids is 2. The maximum absolute atomic E-state index is 13.1. The predicted molar refractivity (Wildman–Crippen MR) is 128 cm³/mol. The van der Waals surface area contributed by atoms with Gasteiger partial charge in [-0.15, -0.1) is 0 Å². The van der Waals surface area contributed by atoms with E-state index in [0.717, 1.165) is 24.3 Å². The van der Waals surface area contributed by atoms with Gasteiger partial charge in [-0.2, -0.15) is 4.31 Å². The average Bonchev–Trinajstić information content (AvgIpc) is 2.84. The van der Waals surface area contributed by atoms with Crippen LogP contribution in [0.3, 0.4) is 0 Å². The fraction of sp³-hybridized carbons (Fsp3) is 0.440. The second-order valence-electron chi connectivity index (χ2n) is 8.91. The lowest BCUT2D eigenvalue weighted by Crippen LogP contribution is -2.52. The zero-order chi connectivity index (χ0) is 23.6. The molecule has 0 bridgehead atoms. The fourth-order valence-electron chi connectivity index (χ4n) is 4.55. The number of aryl methyl sites for hydroxylation is 1. The third-order valence-corrected chi connectivity index (χ3v) is 8.61. The standard InChI is InChI=1S/C25H31N3O4S/c1-19-3-9-24(10-4-19)33(31,32)28-13-11-22(12-14-28)25(30)27-17-15-26(16-18-27)23-7-5-21(6-8-23)20(2)29/h3-10,22H,11-18H2,1-2H3. The van der Waals surface area contributed by atoms with Crippen LogP contribution in [0.25, 0.3) is 0 Å². The molecule has 7 nitrogen and oxygen atoms in total. The molecule has 33 heavy (non-hydrogen) atoms. The first kappa shape index (κ1) is 23.4. The fourth-order valence-corrected chi connectivity index (χ4v) is 6.02. The first-order valence-corrected chi connectivity index (χ1v) is 12.9. The van der Waals surface area contributed by atoms with Crippen molar-refractivity contribution in [2.45, 2.75) is 31.6 Å². The van der Waals surface area contributed by atoms with Gasteiger partial charge >= 0.3 is 0 Å². The maximum atomic E-state index is 13.1. The molecule has 2 aromatic rings. The molecule has 8 heteroatoms. The average molecular weight is 470 g/mol. The van der Waals surface area contributed by atoms with Crippen molar-refractivity contribution in [1.82, 2.24) is 9.21 Å². The molecular weight excluding hydrogens is 438 g/mol. The zero-order valence-electron chi connectivity index (χ0n) is 19.2. The molecule has 2 saturated heterocycles. The van der Waals surface area contributed by atoms with Crippen molar-refractivity contribution in [3.8, 4) is 0 Å². The smallest absolute Gasteiger partial charge is 0.243 e. The van der Waals surface area contributed by atoms with Crippen LogP contribution in [0.5, 0.6) is 0 Å². The van der Waals surface area contributed by atoms with Crippen LogP contribution in [0.1, 0.15) is 35.7 Å². The van der Waals surface area contributed by atoms with Crippen LogP contribution < -0.4 is 4.90 Å². The lowest BCUT2D eigenvalue weighted by Gasteiger charge is -2.39. The molecule has 176 valence electrons. The predicted octanol–water partition coefficient (Wildman–Crippen LogP) is 2.95. The van der Waals surface area contributed by atoms with Crippen LogP contribution in [-0.4, -0.2) is 68.6 Å². The van der Waals surface area contributed by atoms with E-state index in [1.54, 1.807) is 31.2 Å². The molecule has 0 spiro atoms. The van der Waals surface area contributed by atoms with Crippen molar-refractivity contribution in [1.29, 1.82) is 0 Å². The Morgan fingerprint density at radius 3 is 1.94 bits per heavy atom. The second-order valence-corrected chi connectivity index (χ2v) is 10.8. The van der Waals surface area contributed by atoms with Gasteiger partial charge in [0, 0.05) is 56.4 Å². The maximum Gasteiger partial charge on any atom is 0.243 e. The number of piperazine rings is 1. The van der Waals surface area contributed by atoms with Gasteiger partial charge < -0.3 is 9.80 Å². The highest BCUT2D eigenvalue weighted by atomic mass is 32.2. The Labute approximate surface area is 196 Å². The first-order valence-electron chi connectivity index (χ1n) is 11.5. The molecular formula is C25H31N3O4S. The molecule has 0 N–H and O–H groups in total. The van der Waals surface area contributed by atoms with Crippen molar-refractivity contribution in [2.75, 3.05) is 44.2 Å². The van der Waals surface area contributed by atoms with Gasteiger partial charge in [0.1, 0.15) is 0 Å². The van der Waals surface area contributed by atoms with Crippen LogP contribution in [0.2, 0.25) is 0 Å². The summed E-state index contributed by atoms with van der Waals surface area (Å²) in [5.41, 5.74) is 2.77. The van der Waals surface area contributed by atoms with Crippen LogP contribution in [0, 0.1) is 12.8 Å². The van der Waals surface area contributed by atoms with Crippen LogP contribution >= 0.6 is 0 Å². The summed E-state index contributed by atoms with van der Waals surface area (Å²) < 4.78 is 27.3. The lowest BCUT2D eigenvalue weighted by molar-refractivity contribution is -0.137. The Morgan fingerprint density at radius 1 is 0.818 bits per heavy atom. The number of nitrogens with zero attached hydrogens (tertiary/aromatic N) is 3. The van der Waals surface area contributed by atoms with Crippen molar-refractivity contribution in [3.05, 3.63) is 59.7 Å². The third-order valence-electron chi connectivity index (χ3n) is 6.69. The molecule has 4 rings (SSSR count). The Balaban J connectivity index is 1.29. The van der Waals surface area contributed by atoms with Gasteiger partial charge in [0.05, 0.1) is 4.90 Å². The number of piperidine rings is 1. The molecule has 2 aromatic carbocycles. The number of ketones is 1. The number of hydrogen-bond acceptors (Lipinski definition) is 5. The molecule has 0 saturated carbocycles. The number of sulfonamides is 1. The van der Waals surface area contributed by atoms with E-state index in [1.165, 1.54) is 4.31 Å². The number of benzene rings is 2. The summed E-state index contributed by atoms with van der Waals surface area (Å²) in [5, 5.41) is 0. The Hall–Kier alpha value is -2.71. The van der Waals surface area contributed by atoms with E-state index in [-0.39, 0.29) is 17.6 Å². The molecule has 0 aliphatic carbocycles. The van der Waals surface area contributed by atoms with Gasteiger partial charge in [0.25, 0.3) is 0 Å². The highest BCUT2D eigenvalue weighted by molar-refractivity contribution is 7.89. The summed E-state index contributed by atoms with van der Waals surface area (Å²) in [6, 6.07) is 14.5. The molecule has 2 fully saturated rings. The van der Waals surface area contributed by atoms with E-state index in [1.807, 2.05) is 36.1 Å². The molecule has 0 unspecified atom stereocenters. The molecule has 2 aliphatic heterocycles. The summed E-state index contributed by atoms with van der Waals surface area (Å²) in [4.78, 5) is 29.0. The number of rotatable bonds is 5. The van der Waals surface area contributed by atoms with E-state index < -0.39 is 10.0 Å². The number of carbonyl (C=O) groups is 2. The summed E-state index contributed by atoms with van der Waals surface area (Å²) in [7, 11) is -3.52. The largest absolute Gasteiger partial charge is 0.368 e. The Morgan fingerprint density at radius 2 is 1.39 bits per heavy atom. The third kappa shape index (κ3) is 5.12. The molecule has 2 aliphatic rings. The minimum absolute atomic E-state index is 0.0506. The molecule has 0 aromatic heterocycles.